The highest BCUT2D eigenvalue weighted by Crippen LogP contribution is 2.66. The van der Waals surface area contributed by atoms with Gasteiger partial charge in [0, 0.05) is 26.2 Å². The number of β-amino-alcohol motifs (C(OH)–C–C–N with tert-alkyl or cyclic N) is 1. The molecule has 1 heterocycles. The SMILES string of the molecule is CC1(C)[C@@H]2CC[C@]1(C)[C@H](OCC[C@H](O)CN1CCc3ccccc3C1)C2. The molecular weight excluding hydrogens is 322 g/mol. The molecule has 4 atom stereocenters. The second kappa shape index (κ2) is 6.92. The van der Waals surface area contributed by atoms with Gasteiger partial charge in [-0.1, -0.05) is 45.0 Å². The molecule has 0 amide bonds. The number of hydrogen-bond acceptors (Lipinski definition) is 3. The molecule has 0 spiro atoms. The second-order valence-electron chi connectivity index (χ2n) is 9.67. The van der Waals surface area contributed by atoms with Gasteiger partial charge >= 0.3 is 0 Å². The van der Waals surface area contributed by atoms with Crippen LogP contribution in [0.5, 0.6) is 0 Å². The molecule has 2 fully saturated rings. The van der Waals surface area contributed by atoms with Gasteiger partial charge in [0.1, 0.15) is 0 Å². The highest BCUT2D eigenvalue weighted by Gasteiger charge is 2.61. The smallest absolute Gasteiger partial charge is 0.0689 e. The van der Waals surface area contributed by atoms with Crippen molar-refractivity contribution in [2.45, 2.75) is 71.6 Å². The van der Waals surface area contributed by atoms with Crippen LogP contribution in [0.15, 0.2) is 24.3 Å². The molecule has 3 nitrogen and oxygen atoms in total. The second-order valence-corrected chi connectivity index (χ2v) is 9.67. The Balaban J connectivity index is 1.23. The molecule has 0 unspecified atom stereocenters. The van der Waals surface area contributed by atoms with Gasteiger partial charge in [0.05, 0.1) is 12.2 Å². The molecule has 1 aromatic rings. The van der Waals surface area contributed by atoms with E-state index in [4.69, 9.17) is 4.74 Å². The minimum atomic E-state index is -0.292. The van der Waals surface area contributed by atoms with Crippen molar-refractivity contribution in [2.75, 3.05) is 19.7 Å². The Morgan fingerprint density at radius 1 is 1.23 bits per heavy atom. The Morgan fingerprint density at radius 2 is 2.00 bits per heavy atom. The van der Waals surface area contributed by atoms with E-state index in [1.54, 1.807) is 0 Å². The summed E-state index contributed by atoms with van der Waals surface area (Å²) in [5, 5.41) is 10.5. The largest absolute Gasteiger partial charge is 0.392 e. The third-order valence-corrected chi connectivity index (χ3v) is 8.16. The molecule has 26 heavy (non-hydrogen) atoms. The normalized spacial score (nSPS) is 34.0. The number of fused-ring (bicyclic) bond motifs is 3. The van der Waals surface area contributed by atoms with Gasteiger partial charge in [-0.2, -0.15) is 0 Å². The summed E-state index contributed by atoms with van der Waals surface area (Å²) in [7, 11) is 0. The Hall–Kier alpha value is -0.900. The minimum Gasteiger partial charge on any atom is -0.392 e. The number of benzene rings is 1. The average Bonchev–Trinajstić information content (AvgIpc) is 2.95. The van der Waals surface area contributed by atoms with E-state index in [-0.39, 0.29) is 6.10 Å². The monoisotopic (exact) mass is 357 g/mol. The molecule has 1 aliphatic heterocycles. The summed E-state index contributed by atoms with van der Waals surface area (Å²) in [5.41, 5.74) is 3.60. The van der Waals surface area contributed by atoms with Crippen molar-refractivity contribution in [3.05, 3.63) is 35.4 Å². The maximum Gasteiger partial charge on any atom is 0.0689 e. The van der Waals surface area contributed by atoms with Crippen LogP contribution in [-0.2, 0) is 17.7 Å². The predicted octanol–water partition coefficient (Wildman–Crippen LogP) is 4.03. The maximum absolute atomic E-state index is 10.5. The van der Waals surface area contributed by atoms with Crippen molar-refractivity contribution in [3.8, 4) is 0 Å². The Morgan fingerprint density at radius 3 is 2.69 bits per heavy atom. The van der Waals surface area contributed by atoms with Crippen molar-refractivity contribution in [2.24, 2.45) is 16.7 Å². The quantitative estimate of drug-likeness (QED) is 0.834. The van der Waals surface area contributed by atoms with Gasteiger partial charge in [0.2, 0.25) is 0 Å². The summed E-state index contributed by atoms with van der Waals surface area (Å²) in [6.45, 7) is 10.7. The van der Waals surface area contributed by atoms with Gasteiger partial charge in [-0.15, -0.1) is 0 Å². The van der Waals surface area contributed by atoms with Crippen molar-refractivity contribution in [1.82, 2.24) is 4.90 Å². The van der Waals surface area contributed by atoms with Crippen molar-refractivity contribution < 1.29 is 9.84 Å². The maximum atomic E-state index is 10.5. The van der Waals surface area contributed by atoms with Gasteiger partial charge in [-0.05, 0) is 60.0 Å². The van der Waals surface area contributed by atoms with Crippen molar-refractivity contribution in [1.29, 1.82) is 0 Å². The first kappa shape index (κ1) is 18.5. The molecule has 0 aromatic heterocycles. The first-order valence-corrected chi connectivity index (χ1v) is 10.5. The fraction of sp³-hybridized carbons (Fsp3) is 0.739. The lowest BCUT2D eigenvalue weighted by Gasteiger charge is -2.39. The lowest BCUT2D eigenvalue weighted by molar-refractivity contribution is -0.0566. The summed E-state index contributed by atoms with van der Waals surface area (Å²) in [5.74, 6) is 0.816. The Bertz CT molecular complexity index is 643. The molecule has 1 N–H and O–H groups in total. The van der Waals surface area contributed by atoms with Gasteiger partial charge < -0.3 is 9.84 Å². The topological polar surface area (TPSA) is 32.7 Å². The standard InChI is InChI=1S/C23H35NO2/c1-22(2)19-8-11-23(22,3)21(14-19)26-13-10-20(25)16-24-12-9-17-6-4-5-7-18(17)15-24/h4-7,19-21,25H,8-16H2,1-3H3/t19-,20+,21-,23-/m1/s1. The number of rotatable bonds is 6. The molecule has 2 aliphatic carbocycles. The zero-order valence-electron chi connectivity index (χ0n) is 16.7. The van der Waals surface area contributed by atoms with Crippen LogP contribution in [0.1, 0.15) is 57.6 Å². The van der Waals surface area contributed by atoms with Crippen LogP contribution in [-0.4, -0.2) is 41.9 Å². The lowest BCUT2D eigenvalue weighted by Crippen LogP contribution is -2.39. The average molecular weight is 358 g/mol. The van der Waals surface area contributed by atoms with Crippen LogP contribution in [0.2, 0.25) is 0 Å². The van der Waals surface area contributed by atoms with E-state index in [9.17, 15) is 5.11 Å². The fourth-order valence-electron chi connectivity index (χ4n) is 5.83. The molecular formula is C23H35NO2. The zero-order valence-corrected chi connectivity index (χ0v) is 16.7. The van der Waals surface area contributed by atoms with E-state index in [0.29, 0.717) is 23.5 Å². The molecule has 3 heteroatoms. The van der Waals surface area contributed by atoms with Gasteiger partial charge in [0.15, 0.2) is 0 Å². The number of hydrogen-bond donors (Lipinski definition) is 1. The van der Waals surface area contributed by atoms with Crippen molar-refractivity contribution >= 4 is 0 Å². The van der Waals surface area contributed by atoms with Gasteiger partial charge in [-0.25, -0.2) is 0 Å². The van der Waals surface area contributed by atoms with Gasteiger partial charge in [-0.3, -0.25) is 4.90 Å². The van der Waals surface area contributed by atoms with Crippen LogP contribution in [0, 0.1) is 16.7 Å². The van der Waals surface area contributed by atoms with Crippen molar-refractivity contribution in [3.63, 3.8) is 0 Å². The third-order valence-electron chi connectivity index (χ3n) is 8.16. The van der Waals surface area contributed by atoms with Crippen LogP contribution >= 0.6 is 0 Å². The summed E-state index contributed by atoms with van der Waals surface area (Å²) in [4.78, 5) is 2.38. The summed E-state index contributed by atoms with van der Waals surface area (Å²) in [6, 6.07) is 8.69. The highest BCUT2D eigenvalue weighted by molar-refractivity contribution is 5.29. The van der Waals surface area contributed by atoms with Crippen LogP contribution in [0.25, 0.3) is 0 Å². The van der Waals surface area contributed by atoms with E-state index in [2.05, 4.69) is 49.9 Å². The minimum absolute atomic E-state index is 0.292. The first-order chi connectivity index (χ1) is 12.4. The molecule has 1 aromatic carbocycles. The highest BCUT2D eigenvalue weighted by atomic mass is 16.5. The molecule has 4 rings (SSSR count). The number of aliphatic hydroxyl groups is 1. The molecule has 2 bridgehead atoms. The van der Waals surface area contributed by atoms with E-state index in [1.807, 2.05) is 0 Å². The first-order valence-electron chi connectivity index (χ1n) is 10.5. The molecule has 0 saturated heterocycles. The molecule has 2 saturated carbocycles. The summed E-state index contributed by atoms with van der Waals surface area (Å²) >= 11 is 0. The Kier molecular flexibility index (Phi) is 4.92. The molecule has 144 valence electrons. The third kappa shape index (κ3) is 3.12. The molecule has 0 radical (unpaired) electrons. The van der Waals surface area contributed by atoms with Crippen LogP contribution in [0.3, 0.4) is 0 Å². The Labute approximate surface area is 158 Å². The van der Waals surface area contributed by atoms with E-state index in [0.717, 1.165) is 38.4 Å². The van der Waals surface area contributed by atoms with Crippen LogP contribution < -0.4 is 0 Å². The van der Waals surface area contributed by atoms with E-state index in [1.165, 1.54) is 30.4 Å². The number of ether oxygens (including phenoxy) is 1. The number of nitrogens with zero attached hydrogens (tertiary/aromatic N) is 1. The summed E-state index contributed by atoms with van der Waals surface area (Å²) < 4.78 is 6.31. The van der Waals surface area contributed by atoms with E-state index < -0.39 is 0 Å². The molecule has 3 aliphatic rings. The van der Waals surface area contributed by atoms with Gasteiger partial charge in [0.25, 0.3) is 0 Å². The van der Waals surface area contributed by atoms with E-state index >= 15 is 0 Å². The number of aliphatic hydroxyl groups excluding tert-OH is 1. The fourth-order valence-corrected chi connectivity index (χ4v) is 5.83. The predicted molar refractivity (Wildman–Crippen MR) is 105 cm³/mol. The summed E-state index contributed by atoms with van der Waals surface area (Å²) in [6.07, 6.45) is 5.80. The lowest BCUT2D eigenvalue weighted by atomic mass is 9.70. The van der Waals surface area contributed by atoms with Crippen LogP contribution in [0.4, 0.5) is 0 Å². The zero-order chi connectivity index (χ0) is 18.4.